The van der Waals surface area contributed by atoms with Crippen LogP contribution in [0.3, 0.4) is 0 Å². The van der Waals surface area contributed by atoms with Gasteiger partial charge in [-0.25, -0.2) is 4.98 Å². The van der Waals surface area contributed by atoms with Crippen LogP contribution in [-0.2, 0) is 11.2 Å². The van der Waals surface area contributed by atoms with Gasteiger partial charge in [0.2, 0.25) is 5.91 Å². The van der Waals surface area contributed by atoms with Crippen LogP contribution in [0.2, 0.25) is 0 Å². The van der Waals surface area contributed by atoms with Gasteiger partial charge in [-0.1, -0.05) is 6.07 Å². The summed E-state index contributed by atoms with van der Waals surface area (Å²) in [4.78, 5) is 20.1. The van der Waals surface area contributed by atoms with Gasteiger partial charge in [0.25, 0.3) is 0 Å². The number of aryl methyl sites for hydroxylation is 2. The highest BCUT2D eigenvalue weighted by molar-refractivity contribution is 7.09. The first-order valence-corrected chi connectivity index (χ1v) is 8.91. The van der Waals surface area contributed by atoms with E-state index in [0.29, 0.717) is 18.4 Å². The van der Waals surface area contributed by atoms with Gasteiger partial charge >= 0.3 is 0 Å². The molecule has 1 amide bonds. The molecular formula is C17H23N3OS. The first-order valence-electron chi connectivity index (χ1n) is 8.03. The van der Waals surface area contributed by atoms with E-state index in [0.717, 1.165) is 44.6 Å². The average molecular weight is 317 g/mol. The van der Waals surface area contributed by atoms with E-state index >= 15 is 0 Å². The predicted molar refractivity (Wildman–Crippen MR) is 89.1 cm³/mol. The van der Waals surface area contributed by atoms with E-state index < -0.39 is 0 Å². The lowest BCUT2D eigenvalue weighted by Gasteiger charge is -2.34. The van der Waals surface area contributed by atoms with E-state index in [-0.39, 0.29) is 0 Å². The van der Waals surface area contributed by atoms with Crippen LogP contribution in [-0.4, -0.2) is 33.4 Å². The molecule has 2 aromatic heterocycles. The third-order valence-corrected chi connectivity index (χ3v) is 5.34. The Labute approximate surface area is 135 Å². The highest BCUT2D eigenvalue weighted by Gasteiger charge is 2.24. The molecule has 1 saturated heterocycles. The molecule has 0 aliphatic carbocycles. The van der Waals surface area contributed by atoms with Gasteiger partial charge in [-0.05, 0) is 44.1 Å². The molecule has 3 heterocycles. The molecular weight excluding hydrogens is 294 g/mol. The molecule has 1 aliphatic rings. The number of aromatic nitrogens is 2. The number of hydrogen-bond acceptors (Lipinski definition) is 3. The second-order valence-corrected chi connectivity index (χ2v) is 6.98. The minimum absolute atomic E-state index is 0.305. The first-order chi connectivity index (χ1) is 10.7. The van der Waals surface area contributed by atoms with Crippen molar-refractivity contribution < 1.29 is 4.79 Å². The number of carbonyl (C=O) groups is 1. The molecule has 0 saturated carbocycles. The van der Waals surface area contributed by atoms with Crippen LogP contribution < -0.4 is 0 Å². The summed E-state index contributed by atoms with van der Waals surface area (Å²) in [5, 5.41) is 2.10. The fraction of sp³-hybridized carbons (Fsp3) is 0.529. The summed E-state index contributed by atoms with van der Waals surface area (Å²) < 4.78 is 2.21. The van der Waals surface area contributed by atoms with Crippen LogP contribution >= 0.6 is 11.3 Å². The Balaban J connectivity index is 1.51. The summed E-state index contributed by atoms with van der Waals surface area (Å²) >= 11 is 1.78. The monoisotopic (exact) mass is 317 g/mol. The van der Waals surface area contributed by atoms with Gasteiger partial charge in [-0.15, -0.1) is 11.3 Å². The van der Waals surface area contributed by atoms with Crippen molar-refractivity contribution in [3.8, 4) is 0 Å². The second-order valence-electron chi connectivity index (χ2n) is 5.95. The number of carbonyl (C=O) groups excluding carboxylic acids is 1. The Morgan fingerprint density at radius 1 is 1.50 bits per heavy atom. The molecule has 5 heteroatoms. The summed E-state index contributed by atoms with van der Waals surface area (Å²) in [5.41, 5.74) is 0. The van der Waals surface area contributed by atoms with Gasteiger partial charge in [0.1, 0.15) is 5.82 Å². The zero-order chi connectivity index (χ0) is 15.4. The van der Waals surface area contributed by atoms with Gasteiger partial charge < -0.3 is 9.47 Å². The largest absolute Gasteiger partial charge is 0.341 e. The van der Waals surface area contributed by atoms with E-state index in [9.17, 15) is 4.79 Å². The van der Waals surface area contributed by atoms with Crippen molar-refractivity contribution in [2.75, 3.05) is 13.1 Å². The summed E-state index contributed by atoms with van der Waals surface area (Å²) in [5.74, 6) is 1.34. The van der Waals surface area contributed by atoms with Crippen molar-refractivity contribution in [1.29, 1.82) is 0 Å². The van der Waals surface area contributed by atoms with Crippen molar-refractivity contribution in [3.63, 3.8) is 0 Å². The van der Waals surface area contributed by atoms with E-state index in [1.54, 1.807) is 11.3 Å². The van der Waals surface area contributed by atoms with E-state index in [1.165, 1.54) is 4.88 Å². The summed E-state index contributed by atoms with van der Waals surface area (Å²) in [6.07, 6.45) is 8.72. The topological polar surface area (TPSA) is 38.1 Å². The Morgan fingerprint density at radius 3 is 3.14 bits per heavy atom. The van der Waals surface area contributed by atoms with Gasteiger partial charge in [-0.2, -0.15) is 0 Å². The third kappa shape index (κ3) is 3.58. The van der Waals surface area contributed by atoms with Gasteiger partial charge in [0, 0.05) is 36.8 Å². The molecule has 3 rings (SSSR count). The fourth-order valence-corrected chi connectivity index (χ4v) is 3.96. The minimum atomic E-state index is 0.305. The molecule has 1 aliphatic heterocycles. The van der Waals surface area contributed by atoms with Crippen LogP contribution in [0.4, 0.5) is 0 Å². The molecule has 0 bridgehead atoms. The molecule has 22 heavy (non-hydrogen) atoms. The number of rotatable bonds is 5. The first kappa shape index (κ1) is 15.3. The van der Waals surface area contributed by atoms with Crippen LogP contribution in [0.5, 0.6) is 0 Å². The normalized spacial score (nSPS) is 18.6. The number of amides is 1. The molecule has 1 fully saturated rings. The zero-order valence-electron chi connectivity index (χ0n) is 13.1. The highest BCUT2D eigenvalue weighted by Crippen LogP contribution is 2.23. The zero-order valence-corrected chi connectivity index (χ0v) is 13.9. The van der Waals surface area contributed by atoms with Crippen molar-refractivity contribution >= 4 is 17.2 Å². The maximum atomic E-state index is 12.4. The number of hydrogen-bond donors (Lipinski definition) is 0. The lowest BCUT2D eigenvalue weighted by Crippen LogP contribution is -2.40. The van der Waals surface area contributed by atoms with Crippen molar-refractivity contribution in [1.82, 2.24) is 14.5 Å². The number of piperidine rings is 1. The summed E-state index contributed by atoms with van der Waals surface area (Å²) in [7, 11) is 0. The van der Waals surface area contributed by atoms with Crippen molar-refractivity contribution in [2.45, 2.75) is 45.1 Å². The van der Waals surface area contributed by atoms with Crippen LogP contribution in [0.15, 0.2) is 29.9 Å². The Morgan fingerprint density at radius 2 is 2.41 bits per heavy atom. The predicted octanol–water partition coefficient (Wildman–Crippen LogP) is 3.44. The maximum absolute atomic E-state index is 12.4. The van der Waals surface area contributed by atoms with Gasteiger partial charge in [0.15, 0.2) is 0 Å². The number of likely N-dealkylation sites (tertiary alicyclic amines) is 1. The van der Waals surface area contributed by atoms with E-state index in [1.807, 2.05) is 24.2 Å². The summed E-state index contributed by atoms with van der Waals surface area (Å²) in [6, 6.07) is 4.61. The van der Waals surface area contributed by atoms with E-state index in [4.69, 9.17) is 0 Å². The smallest absolute Gasteiger partial charge is 0.222 e. The highest BCUT2D eigenvalue weighted by atomic mass is 32.1. The van der Waals surface area contributed by atoms with Crippen molar-refractivity contribution in [3.05, 3.63) is 40.6 Å². The Bertz CT molecular complexity index is 605. The Kier molecular flexibility index (Phi) is 4.93. The average Bonchev–Trinajstić information content (AvgIpc) is 3.19. The number of imidazole rings is 1. The van der Waals surface area contributed by atoms with Crippen LogP contribution in [0.25, 0.3) is 0 Å². The molecule has 0 unspecified atom stereocenters. The maximum Gasteiger partial charge on any atom is 0.222 e. The molecule has 0 spiro atoms. The second kappa shape index (κ2) is 7.09. The van der Waals surface area contributed by atoms with Crippen LogP contribution in [0, 0.1) is 6.92 Å². The quantitative estimate of drug-likeness (QED) is 0.847. The molecule has 4 nitrogen and oxygen atoms in total. The molecule has 0 aromatic carbocycles. The molecule has 2 aromatic rings. The van der Waals surface area contributed by atoms with E-state index in [2.05, 4.69) is 27.1 Å². The van der Waals surface area contributed by atoms with Crippen LogP contribution in [0.1, 0.15) is 42.4 Å². The summed E-state index contributed by atoms with van der Waals surface area (Å²) in [6.45, 7) is 3.76. The lowest BCUT2D eigenvalue weighted by molar-refractivity contribution is -0.132. The lowest BCUT2D eigenvalue weighted by atomic mass is 10.0. The van der Waals surface area contributed by atoms with Gasteiger partial charge in [0.05, 0.1) is 6.04 Å². The SMILES string of the molecule is Cc1nccn1[C@@H]1CCCN(C(=O)CCCc2cccs2)C1. The molecule has 1 atom stereocenters. The van der Waals surface area contributed by atoms with Gasteiger partial charge in [-0.3, -0.25) is 4.79 Å². The number of thiophene rings is 1. The standard InChI is InChI=1S/C17H23N3OS/c1-14-18-9-11-20(14)15-5-3-10-19(13-15)17(21)8-2-6-16-7-4-12-22-16/h4,7,9,11-12,15H,2-3,5-6,8,10,13H2,1H3/t15-/m1/s1. The third-order valence-electron chi connectivity index (χ3n) is 4.40. The molecule has 0 radical (unpaired) electrons. The molecule has 118 valence electrons. The van der Waals surface area contributed by atoms with Crippen molar-refractivity contribution in [2.24, 2.45) is 0 Å². The minimum Gasteiger partial charge on any atom is -0.341 e. The fourth-order valence-electron chi connectivity index (χ4n) is 3.21. The molecule has 0 N–H and O–H groups in total. The Hall–Kier alpha value is -1.62. The number of nitrogens with zero attached hydrogens (tertiary/aromatic N) is 3.